The molecule has 0 aliphatic carbocycles. The Balaban J connectivity index is 3.21. The molecule has 0 N–H and O–H groups in total. The van der Waals surface area contributed by atoms with Crippen LogP contribution in [0.1, 0.15) is 39.9 Å². The van der Waals surface area contributed by atoms with Crippen molar-refractivity contribution in [3.05, 3.63) is 29.1 Å². The number of esters is 2. The number of hydrogen-bond acceptors (Lipinski definition) is 5. The molecule has 1 heterocycles. The Labute approximate surface area is 99.8 Å². The van der Waals surface area contributed by atoms with Gasteiger partial charge in [0, 0.05) is 5.69 Å². The van der Waals surface area contributed by atoms with Gasteiger partial charge in [0.2, 0.25) is 0 Å². The number of pyridine rings is 1. The highest BCUT2D eigenvalue weighted by Gasteiger charge is 2.20. The number of nitrogens with zero attached hydrogens (tertiary/aromatic N) is 1. The first-order valence-electron chi connectivity index (χ1n) is 5.30. The summed E-state index contributed by atoms with van der Waals surface area (Å²) in [6.07, 6.45) is 1.65. The van der Waals surface area contributed by atoms with Crippen molar-refractivity contribution in [2.24, 2.45) is 0 Å². The van der Waals surface area contributed by atoms with Gasteiger partial charge in [-0.3, -0.25) is 0 Å². The number of aromatic nitrogens is 1. The fraction of sp³-hybridized carbons (Fsp3) is 0.417. The Bertz CT molecular complexity index is 429. The van der Waals surface area contributed by atoms with Crippen molar-refractivity contribution < 1.29 is 19.1 Å². The molecule has 0 bridgehead atoms. The molecule has 1 rings (SSSR count). The molecular formula is C12H15NO4. The fourth-order valence-corrected chi connectivity index (χ4v) is 1.42. The molecule has 0 fully saturated rings. The van der Waals surface area contributed by atoms with Crippen molar-refractivity contribution in [3.63, 3.8) is 0 Å². The monoisotopic (exact) mass is 237 g/mol. The van der Waals surface area contributed by atoms with Crippen LogP contribution in [0.15, 0.2) is 12.1 Å². The van der Waals surface area contributed by atoms with E-state index in [2.05, 4.69) is 14.5 Å². The summed E-state index contributed by atoms with van der Waals surface area (Å²) >= 11 is 0. The number of rotatable bonds is 4. The highest BCUT2D eigenvalue weighted by molar-refractivity contribution is 6.01. The summed E-state index contributed by atoms with van der Waals surface area (Å²) in [6, 6.07) is 3.25. The second-order valence-electron chi connectivity index (χ2n) is 3.43. The van der Waals surface area contributed by atoms with Crippen LogP contribution in [-0.2, 0) is 15.9 Å². The maximum absolute atomic E-state index is 11.5. The van der Waals surface area contributed by atoms with Crippen LogP contribution in [0.25, 0.3) is 0 Å². The third-order valence-electron chi connectivity index (χ3n) is 2.24. The molecule has 0 unspecified atom stereocenters. The topological polar surface area (TPSA) is 65.5 Å². The van der Waals surface area contributed by atoms with Crippen LogP contribution < -0.4 is 0 Å². The van der Waals surface area contributed by atoms with Gasteiger partial charge >= 0.3 is 11.9 Å². The molecule has 17 heavy (non-hydrogen) atoms. The van der Waals surface area contributed by atoms with Gasteiger partial charge in [0.25, 0.3) is 0 Å². The first-order chi connectivity index (χ1) is 8.13. The van der Waals surface area contributed by atoms with Crippen LogP contribution in [0, 0.1) is 0 Å². The van der Waals surface area contributed by atoms with Crippen molar-refractivity contribution in [2.45, 2.75) is 19.8 Å². The van der Waals surface area contributed by atoms with E-state index < -0.39 is 11.9 Å². The van der Waals surface area contributed by atoms with Gasteiger partial charge in [-0.25, -0.2) is 14.6 Å². The summed E-state index contributed by atoms with van der Waals surface area (Å²) in [4.78, 5) is 27.1. The van der Waals surface area contributed by atoms with Crippen LogP contribution in [0.3, 0.4) is 0 Å². The lowest BCUT2D eigenvalue weighted by Gasteiger charge is -2.07. The number of aryl methyl sites for hydroxylation is 1. The maximum atomic E-state index is 11.5. The summed E-state index contributed by atoms with van der Waals surface area (Å²) in [7, 11) is 2.50. The highest BCUT2D eigenvalue weighted by atomic mass is 16.5. The normalized spacial score (nSPS) is 9.82. The number of ether oxygens (including phenoxy) is 2. The molecule has 0 aliphatic heterocycles. The van der Waals surface area contributed by atoms with E-state index >= 15 is 0 Å². The largest absolute Gasteiger partial charge is 0.465 e. The molecule has 0 atom stereocenters. The van der Waals surface area contributed by atoms with Gasteiger partial charge in [0.1, 0.15) is 0 Å². The molecule has 92 valence electrons. The third kappa shape index (κ3) is 3.03. The van der Waals surface area contributed by atoms with Crippen molar-refractivity contribution in [2.75, 3.05) is 14.2 Å². The fourth-order valence-electron chi connectivity index (χ4n) is 1.42. The highest BCUT2D eigenvalue weighted by Crippen LogP contribution is 2.12. The molecule has 1 aromatic rings. The Morgan fingerprint density at radius 1 is 1.18 bits per heavy atom. The minimum atomic E-state index is -0.636. The lowest BCUT2D eigenvalue weighted by Crippen LogP contribution is -2.15. The quantitative estimate of drug-likeness (QED) is 0.744. The van der Waals surface area contributed by atoms with E-state index in [1.54, 1.807) is 6.07 Å². The van der Waals surface area contributed by atoms with Crippen LogP contribution in [0.5, 0.6) is 0 Å². The SMILES string of the molecule is CCCc1ccc(C(=O)OC)c(C(=O)OC)n1. The summed E-state index contributed by atoms with van der Waals surface area (Å²) in [5.74, 6) is -1.23. The molecule has 0 aromatic carbocycles. The second kappa shape index (κ2) is 5.98. The van der Waals surface area contributed by atoms with Gasteiger partial charge in [-0.15, -0.1) is 0 Å². The molecule has 1 aromatic heterocycles. The first-order valence-corrected chi connectivity index (χ1v) is 5.30. The standard InChI is InChI=1S/C12H15NO4/c1-4-5-8-6-7-9(11(14)16-2)10(13-8)12(15)17-3/h6-7H,4-5H2,1-3H3. The van der Waals surface area contributed by atoms with Crippen LogP contribution in [-0.4, -0.2) is 31.1 Å². The van der Waals surface area contributed by atoms with E-state index in [-0.39, 0.29) is 11.3 Å². The lowest BCUT2D eigenvalue weighted by molar-refractivity contribution is 0.0549. The Kier molecular flexibility index (Phi) is 4.63. The first kappa shape index (κ1) is 13.2. The number of hydrogen-bond donors (Lipinski definition) is 0. The van der Waals surface area contributed by atoms with Crippen molar-refractivity contribution >= 4 is 11.9 Å². The second-order valence-corrected chi connectivity index (χ2v) is 3.43. The molecule has 0 saturated carbocycles. The Hall–Kier alpha value is -1.91. The van der Waals surface area contributed by atoms with E-state index in [4.69, 9.17) is 0 Å². The van der Waals surface area contributed by atoms with Gasteiger partial charge in [0.05, 0.1) is 19.8 Å². The van der Waals surface area contributed by atoms with Gasteiger partial charge in [-0.2, -0.15) is 0 Å². The maximum Gasteiger partial charge on any atom is 0.357 e. The average Bonchev–Trinajstić information content (AvgIpc) is 2.37. The van der Waals surface area contributed by atoms with Gasteiger partial charge in [-0.05, 0) is 18.6 Å². The molecule has 0 amide bonds. The Morgan fingerprint density at radius 3 is 2.35 bits per heavy atom. The van der Waals surface area contributed by atoms with E-state index in [0.717, 1.165) is 18.5 Å². The summed E-state index contributed by atoms with van der Waals surface area (Å²) < 4.78 is 9.18. The summed E-state index contributed by atoms with van der Waals surface area (Å²) in [6.45, 7) is 2.01. The smallest absolute Gasteiger partial charge is 0.357 e. The van der Waals surface area contributed by atoms with E-state index in [0.29, 0.717) is 0 Å². The molecule has 5 nitrogen and oxygen atoms in total. The predicted octanol–water partition coefficient (Wildman–Crippen LogP) is 1.61. The molecule has 0 spiro atoms. The molecule has 5 heteroatoms. The van der Waals surface area contributed by atoms with Gasteiger partial charge in [-0.1, -0.05) is 13.3 Å². The van der Waals surface area contributed by atoms with Crippen molar-refractivity contribution in [1.82, 2.24) is 4.98 Å². The number of methoxy groups -OCH3 is 2. The predicted molar refractivity (Wildman–Crippen MR) is 60.9 cm³/mol. The molecular weight excluding hydrogens is 222 g/mol. The van der Waals surface area contributed by atoms with E-state index in [9.17, 15) is 9.59 Å². The number of carbonyl (C=O) groups is 2. The van der Waals surface area contributed by atoms with E-state index in [1.165, 1.54) is 20.3 Å². The van der Waals surface area contributed by atoms with Gasteiger partial charge in [0.15, 0.2) is 5.69 Å². The molecule has 0 radical (unpaired) electrons. The lowest BCUT2D eigenvalue weighted by atomic mass is 10.1. The number of carbonyl (C=O) groups excluding carboxylic acids is 2. The van der Waals surface area contributed by atoms with Crippen LogP contribution in [0.2, 0.25) is 0 Å². The van der Waals surface area contributed by atoms with Crippen molar-refractivity contribution in [3.8, 4) is 0 Å². The van der Waals surface area contributed by atoms with E-state index in [1.807, 2.05) is 6.92 Å². The summed E-state index contributed by atoms with van der Waals surface area (Å²) in [5, 5.41) is 0. The van der Waals surface area contributed by atoms with Gasteiger partial charge < -0.3 is 9.47 Å². The summed E-state index contributed by atoms with van der Waals surface area (Å²) in [5.41, 5.74) is 0.880. The zero-order valence-electron chi connectivity index (χ0n) is 10.1. The minimum absolute atomic E-state index is 0.00491. The zero-order valence-corrected chi connectivity index (χ0v) is 10.1. The minimum Gasteiger partial charge on any atom is -0.465 e. The molecule has 0 aliphatic rings. The average molecular weight is 237 g/mol. The third-order valence-corrected chi connectivity index (χ3v) is 2.24. The Morgan fingerprint density at radius 2 is 1.82 bits per heavy atom. The van der Waals surface area contributed by atoms with Crippen LogP contribution in [0.4, 0.5) is 0 Å². The zero-order chi connectivity index (χ0) is 12.8. The van der Waals surface area contributed by atoms with Crippen molar-refractivity contribution in [1.29, 1.82) is 0 Å². The molecule has 0 saturated heterocycles. The van der Waals surface area contributed by atoms with Crippen LogP contribution >= 0.6 is 0 Å².